The Morgan fingerprint density at radius 3 is 2.17 bits per heavy atom. The Bertz CT molecular complexity index is 921. The van der Waals surface area contributed by atoms with Gasteiger partial charge in [-0.3, -0.25) is 9.59 Å². The largest absolute Gasteiger partial charge is 0.487 e. The number of rotatable bonds is 20. The summed E-state index contributed by atoms with van der Waals surface area (Å²) in [7, 11) is 1.50. The van der Waals surface area contributed by atoms with Crippen LogP contribution in [0.5, 0.6) is 5.75 Å². The van der Waals surface area contributed by atoms with Crippen LogP contribution in [0, 0.1) is 0 Å². The third kappa shape index (κ3) is 16.8. The van der Waals surface area contributed by atoms with Crippen LogP contribution in [0.2, 0.25) is 0 Å². The second kappa shape index (κ2) is 20.0. The highest BCUT2D eigenvalue weighted by Gasteiger charge is 2.23. The predicted octanol–water partition coefficient (Wildman–Crippen LogP) is 1.56. The molecule has 0 aromatic heterocycles. The Kier molecular flexibility index (Phi) is 17.6. The van der Waals surface area contributed by atoms with Gasteiger partial charge in [0.1, 0.15) is 23.6 Å². The Morgan fingerprint density at radius 1 is 0.951 bits per heavy atom. The molecule has 41 heavy (non-hydrogen) atoms. The number of benzene rings is 1. The molecule has 0 radical (unpaired) electrons. The quantitative estimate of drug-likeness (QED) is 0.129. The monoisotopic (exact) mass is 586 g/mol. The van der Waals surface area contributed by atoms with Crippen LogP contribution in [0.3, 0.4) is 0 Å². The zero-order chi connectivity index (χ0) is 30.7. The number of amides is 2. The second-order valence-corrected chi connectivity index (χ2v) is 10.1. The van der Waals surface area contributed by atoms with E-state index in [1.165, 1.54) is 20.1 Å². The van der Waals surface area contributed by atoms with E-state index in [1.54, 1.807) is 32.9 Å². The maximum atomic E-state index is 13.0. The smallest absolute Gasteiger partial charge is 0.407 e. The SMILES string of the molecule is COCC(CC(CCO)OC(C)=O)Oc1ccc(CO)cc1C(=O)NCCOCCOCCNC(=O)OC(C)(C)C. The number of methoxy groups -OCH3 is 1. The van der Waals surface area contributed by atoms with E-state index in [1.807, 2.05) is 0 Å². The van der Waals surface area contributed by atoms with Crippen LogP contribution in [0.15, 0.2) is 18.2 Å². The number of carbonyl (C=O) groups is 3. The summed E-state index contributed by atoms with van der Waals surface area (Å²) in [6, 6.07) is 4.76. The van der Waals surface area contributed by atoms with Gasteiger partial charge in [0.05, 0.1) is 45.2 Å². The lowest BCUT2D eigenvalue weighted by Gasteiger charge is -2.24. The maximum absolute atomic E-state index is 13.0. The first kappa shape index (κ1) is 36.1. The van der Waals surface area contributed by atoms with Crippen molar-refractivity contribution in [1.82, 2.24) is 10.6 Å². The summed E-state index contributed by atoms with van der Waals surface area (Å²) < 4.78 is 32.6. The molecule has 0 saturated heterocycles. The number of nitrogens with one attached hydrogen (secondary N) is 2. The second-order valence-electron chi connectivity index (χ2n) is 10.1. The molecule has 0 saturated carbocycles. The molecule has 13 heteroatoms. The van der Waals surface area contributed by atoms with Crippen molar-refractivity contribution in [3.63, 3.8) is 0 Å². The molecule has 1 aromatic carbocycles. The van der Waals surface area contributed by atoms with Crippen molar-refractivity contribution in [3.8, 4) is 5.75 Å². The molecule has 0 bridgehead atoms. The normalized spacial score (nSPS) is 12.8. The Morgan fingerprint density at radius 2 is 1.61 bits per heavy atom. The molecule has 2 amide bonds. The molecule has 2 atom stereocenters. The molecule has 0 aliphatic rings. The van der Waals surface area contributed by atoms with Crippen molar-refractivity contribution >= 4 is 18.0 Å². The minimum Gasteiger partial charge on any atom is -0.487 e. The zero-order valence-electron chi connectivity index (χ0n) is 24.7. The number of carbonyl (C=O) groups excluding carboxylic acids is 3. The lowest BCUT2D eigenvalue weighted by Crippen LogP contribution is -2.34. The molecule has 0 heterocycles. The standard InChI is InChI=1S/C28H46N2O11/c1-20(33)39-22(8-11-31)17-23(19-36-5)40-25-7-6-21(18-32)16-24(25)26(34)29-9-12-37-14-15-38-13-10-30-27(35)41-28(2,3)4/h6-7,16,22-23,31-32H,8-15,17-19H2,1-5H3,(H,29,34)(H,30,35). The fourth-order valence-electron chi connectivity index (χ4n) is 3.56. The summed E-state index contributed by atoms with van der Waals surface area (Å²) in [5.74, 6) is -0.635. The van der Waals surface area contributed by atoms with Crippen LogP contribution in [-0.4, -0.2) is 106 Å². The maximum Gasteiger partial charge on any atom is 0.407 e. The number of aliphatic hydroxyl groups excluding tert-OH is 2. The van der Waals surface area contributed by atoms with Crippen LogP contribution in [0.4, 0.5) is 4.79 Å². The summed E-state index contributed by atoms with van der Waals surface area (Å²) in [6.45, 7) is 8.03. The molecule has 234 valence electrons. The number of hydrogen-bond acceptors (Lipinski definition) is 11. The van der Waals surface area contributed by atoms with Gasteiger partial charge in [0.2, 0.25) is 0 Å². The molecule has 0 aliphatic heterocycles. The average molecular weight is 587 g/mol. The topological polar surface area (TPSA) is 171 Å². The van der Waals surface area contributed by atoms with Crippen LogP contribution >= 0.6 is 0 Å². The van der Waals surface area contributed by atoms with E-state index in [4.69, 9.17) is 28.4 Å². The molecule has 1 aromatic rings. The number of ether oxygens (including phenoxy) is 6. The fraction of sp³-hybridized carbons (Fsp3) is 0.679. The van der Waals surface area contributed by atoms with Crippen molar-refractivity contribution in [2.45, 2.75) is 65.0 Å². The zero-order valence-corrected chi connectivity index (χ0v) is 24.7. The van der Waals surface area contributed by atoms with E-state index in [9.17, 15) is 24.6 Å². The summed E-state index contributed by atoms with van der Waals surface area (Å²) in [6.07, 6.45) is -1.20. The van der Waals surface area contributed by atoms with Gasteiger partial charge < -0.3 is 49.3 Å². The number of alkyl carbamates (subject to hydrolysis) is 1. The number of hydrogen-bond donors (Lipinski definition) is 4. The third-order valence-corrected chi connectivity index (χ3v) is 5.25. The number of esters is 1. The Hall–Kier alpha value is -2.97. The molecular weight excluding hydrogens is 540 g/mol. The highest BCUT2D eigenvalue weighted by molar-refractivity contribution is 5.97. The van der Waals surface area contributed by atoms with Gasteiger partial charge in [0.15, 0.2) is 0 Å². The molecule has 4 N–H and O–H groups in total. The van der Waals surface area contributed by atoms with E-state index in [0.29, 0.717) is 31.9 Å². The van der Waals surface area contributed by atoms with Crippen LogP contribution in [0.25, 0.3) is 0 Å². The van der Waals surface area contributed by atoms with Crippen LogP contribution in [0.1, 0.15) is 56.5 Å². The highest BCUT2D eigenvalue weighted by Crippen LogP contribution is 2.24. The third-order valence-electron chi connectivity index (χ3n) is 5.25. The Labute approximate surface area is 241 Å². The Balaban J connectivity index is 2.55. The van der Waals surface area contributed by atoms with Crippen LogP contribution in [-0.2, 0) is 35.1 Å². The van der Waals surface area contributed by atoms with Gasteiger partial charge in [-0.1, -0.05) is 6.07 Å². The van der Waals surface area contributed by atoms with Crippen molar-refractivity contribution in [3.05, 3.63) is 29.3 Å². The van der Waals surface area contributed by atoms with Gasteiger partial charge in [0.25, 0.3) is 5.91 Å². The molecule has 0 fully saturated rings. The van der Waals surface area contributed by atoms with Gasteiger partial charge in [-0.2, -0.15) is 0 Å². The van der Waals surface area contributed by atoms with Gasteiger partial charge >= 0.3 is 12.1 Å². The van der Waals surface area contributed by atoms with E-state index in [2.05, 4.69) is 10.6 Å². The molecular formula is C28H46N2O11. The predicted molar refractivity (Wildman–Crippen MR) is 149 cm³/mol. The summed E-state index contributed by atoms with van der Waals surface area (Å²) in [4.78, 5) is 36.0. The van der Waals surface area contributed by atoms with Gasteiger partial charge in [-0.05, 0) is 38.5 Å². The average Bonchev–Trinajstić information content (AvgIpc) is 2.88. The van der Waals surface area contributed by atoms with Gasteiger partial charge in [-0.25, -0.2) is 4.79 Å². The van der Waals surface area contributed by atoms with E-state index in [-0.39, 0.29) is 57.1 Å². The van der Waals surface area contributed by atoms with Crippen molar-refractivity contribution < 1.29 is 53.0 Å². The van der Waals surface area contributed by atoms with Gasteiger partial charge in [0, 0.05) is 46.6 Å². The number of aliphatic hydroxyl groups is 2. The van der Waals surface area contributed by atoms with E-state index < -0.39 is 35.8 Å². The summed E-state index contributed by atoms with van der Waals surface area (Å²) in [5, 5.41) is 24.2. The molecule has 1 rings (SSSR count). The van der Waals surface area contributed by atoms with Crippen molar-refractivity contribution in [2.75, 3.05) is 59.8 Å². The first-order chi connectivity index (χ1) is 19.5. The summed E-state index contributed by atoms with van der Waals surface area (Å²) >= 11 is 0. The lowest BCUT2D eigenvalue weighted by molar-refractivity contribution is -0.148. The van der Waals surface area contributed by atoms with E-state index in [0.717, 1.165) is 0 Å². The highest BCUT2D eigenvalue weighted by atomic mass is 16.6. The lowest BCUT2D eigenvalue weighted by atomic mass is 10.1. The summed E-state index contributed by atoms with van der Waals surface area (Å²) in [5.41, 5.74) is 0.177. The first-order valence-electron chi connectivity index (χ1n) is 13.6. The van der Waals surface area contributed by atoms with E-state index >= 15 is 0 Å². The van der Waals surface area contributed by atoms with Crippen LogP contribution < -0.4 is 15.4 Å². The molecule has 0 spiro atoms. The molecule has 13 nitrogen and oxygen atoms in total. The fourth-order valence-corrected chi connectivity index (χ4v) is 3.56. The van der Waals surface area contributed by atoms with Crippen molar-refractivity contribution in [1.29, 1.82) is 0 Å². The minimum atomic E-state index is -0.589. The van der Waals surface area contributed by atoms with Gasteiger partial charge in [-0.15, -0.1) is 0 Å². The minimum absolute atomic E-state index is 0.152. The first-order valence-corrected chi connectivity index (χ1v) is 13.6. The molecule has 0 aliphatic carbocycles. The van der Waals surface area contributed by atoms with Crippen molar-refractivity contribution in [2.24, 2.45) is 0 Å². The molecule has 2 unspecified atom stereocenters.